The van der Waals surface area contributed by atoms with E-state index in [4.69, 9.17) is 14.0 Å². The van der Waals surface area contributed by atoms with E-state index in [-0.39, 0.29) is 0 Å². The molecule has 2 aliphatic heterocycles. The average molecular weight is 314 g/mol. The molecule has 5 nitrogen and oxygen atoms in total. The number of nitrogens with zero attached hydrogens (tertiary/aromatic N) is 2. The van der Waals surface area contributed by atoms with E-state index in [2.05, 4.69) is 22.2 Å². The summed E-state index contributed by atoms with van der Waals surface area (Å²) in [7, 11) is 0. The van der Waals surface area contributed by atoms with Crippen molar-refractivity contribution < 1.29 is 14.0 Å². The maximum Gasteiger partial charge on any atom is 0.161 e. The number of aryl methyl sites for hydroxylation is 1. The monoisotopic (exact) mass is 314 g/mol. The SMILES string of the molecule is Cc1cc(CN2CCCC2c2ccc3c(c2)OCCCO3)no1. The fourth-order valence-corrected chi connectivity index (χ4v) is 3.48. The maximum absolute atomic E-state index is 5.83. The zero-order chi connectivity index (χ0) is 15.6. The fourth-order valence-electron chi connectivity index (χ4n) is 3.48. The molecular weight excluding hydrogens is 292 g/mol. The predicted octanol–water partition coefficient (Wildman–Crippen LogP) is 3.48. The lowest BCUT2D eigenvalue weighted by molar-refractivity contribution is 0.239. The Morgan fingerprint density at radius 2 is 2.00 bits per heavy atom. The van der Waals surface area contributed by atoms with Crippen LogP contribution in [0.2, 0.25) is 0 Å². The van der Waals surface area contributed by atoms with Crippen LogP contribution in [0.15, 0.2) is 28.8 Å². The zero-order valence-electron chi connectivity index (χ0n) is 13.5. The normalized spacial score (nSPS) is 21.3. The van der Waals surface area contributed by atoms with Crippen molar-refractivity contribution in [3.05, 3.63) is 41.3 Å². The van der Waals surface area contributed by atoms with Gasteiger partial charge in [-0.2, -0.15) is 0 Å². The lowest BCUT2D eigenvalue weighted by Gasteiger charge is -2.24. The van der Waals surface area contributed by atoms with E-state index in [0.29, 0.717) is 6.04 Å². The van der Waals surface area contributed by atoms with Gasteiger partial charge in [-0.15, -0.1) is 0 Å². The summed E-state index contributed by atoms with van der Waals surface area (Å²) in [5.41, 5.74) is 2.30. The Bertz CT molecular complexity index is 683. The summed E-state index contributed by atoms with van der Waals surface area (Å²) >= 11 is 0. The molecule has 2 aromatic rings. The van der Waals surface area contributed by atoms with Crippen LogP contribution >= 0.6 is 0 Å². The second-order valence-electron chi connectivity index (χ2n) is 6.31. The molecule has 1 atom stereocenters. The molecule has 1 unspecified atom stereocenters. The molecule has 122 valence electrons. The van der Waals surface area contributed by atoms with Crippen molar-refractivity contribution in [2.24, 2.45) is 0 Å². The first-order valence-electron chi connectivity index (χ1n) is 8.35. The molecule has 0 N–H and O–H groups in total. The highest BCUT2D eigenvalue weighted by atomic mass is 16.5. The van der Waals surface area contributed by atoms with Gasteiger partial charge in [0, 0.05) is 25.1 Å². The third-order valence-corrected chi connectivity index (χ3v) is 4.56. The van der Waals surface area contributed by atoms with Gasteiger partial charge in [-0.05, 0) is 44.0 Å². The van der Waals surface area contributed by atoms with Gasteiger partial charge in [0.25, 0.3) is 0 Å². The van der Waals surface area contributed by atoms with Crippen molar-refractivity contribution in [1.82, 2.24) is 10.1 Å². The average Bonchev–Trinajstić information content (AvgIpc) is 3.10. The van der Waals surface area contributed by atoms with Crippen molar-refractivity contribution in [2.45, 2.75) is 38.8 Å². The standard InChI is InChI=1S/C18H22N2O3/c1-13-10-15(19-23-13)12-20-7-2-4-16(20)14-5-6-17-18(11-14)22-9-3-8-21-17/h5-6,10-11,16H,2-4,7-9,12H2,1H3. The Kier molecular flexibility index (Phi) is 3.95. The van der Waals surface area contributed by atoms with Crippen LogP contribution in [0.5, 0.6) is 11.5 Å². The van der Waals surface area contributed by atoms with Gasteiger partial charge in [0.15, 0.2) is 11.5 Å². The summed E-state index contributed by atoms with van der Waals surface area (Å²) in [5, 5.41) is 4.13. The molecule has 3 heterocycles. The molecule has 1 aromatic carbocycles. The molecule has 1 saturated heterocycles. The molecule has 1 aromatic heterocycles. The summed E-state index contributed by atoms with van der Waals surface area (Å²) in [6.45, 7) is 5.31. The molecule has 0 saturated carbocycles. The van der Waals surface area contributed by atoms with Gasteiger partial charge in [-0.1, -0.05) is 11.2 Å². The summed E-state index contributed by atoms with van der Waals surface area (Å²) in [5.74, 6) is 2.61. The molecule has 1 fully saturated rings. The highest BCUT2D eigenvalue weighted by molar-refractivity contribution is 5.44. The number of ether oxygens (including phenoxy) is 2. The minimum atomic E-state index is 0.407. The Hall–Kier alpha value is -2.01. The molecule has 2 aliphatic rings. The van der Waals surface area contributed by atoms with Crippen molar-refractivity contribution in [2.75, 3.05) is 19.8 Å². The highest BCUT2D eigenvalue weighted by Gasteiger charge is 2.27. The van der Waals surface area contributed by atoms with Gasteiger partial charge in [-0.3, -0.25) is 4.90 Å². The summed E-state index contributed by atoms with van der Waals surface area (Å²) in [6.07, 6.45) is 3.30. The number of hydrogen-bond acceptors (Lipinski definition) is 5. The molecule has 0 bridgehead atoms. The number of hydrogen-bond donors (Lipinski definition) is 0. The van der Waals surface area contributed by atoms with Crippen LogP contribution in [0.1, 0.15) is 42.3 Å². The second-order valence-corrected chi connectivity index (χ2v) is 6.31. The number of benzene rings is 1. The highest BCUT2D eigenvalue weighted by Crippen LogP contribution is 2.38. The van der Waals surface area contributed by atoms with Crippen LogP contribution in [0, 0.1) is 6.92 Å². The lowest BCUT2D eigenvalue weighted by Crippen LogP contribution is -2.23. The van der Waals surface area contributed by atoms with Gasteiger partial charge >= 0.3 is 0 Å². The van der Waals surface area contributed by atoms with E-state index < -0.39 is 0 Å². The van der Waals surface area contributed by atoms with Crippen molar-refractivity contribution in [1.29, 1.82) is 0 Å². The quantitative estimate of drug-likeness (QED) is 0.868. The van der Waals surface area contributed by atoms with E-state index in [1.165, 1.54) is 12.0 Å². The Balaban J connectivity index is 1.55. The fraction of sp³-hybridized carbons (Fsp3) is 0.500. The molecule has 23 heavy (non-hydrogen) atoms. The van der Waals surface area contributed by atoms with Crippen LogP contribution in [0.4, 0.5) is 0 Å². The van der Waals surface area contributed by atoms with Gasteiger partial charge in [-0.25, -0.2) is 0 Å². The molecule has 0 aliphatic carbocycles. The van der Waals surface area contributed by atoms with Gasteiger partial charge in [0.05, 0.1) is 18.9 Å². The Labute approximate surface area is 136 Å². The van der Waals surface area contributed by atoms with E-state index >= 15 is 0 Å². The van der Waals surface area contributed by atoms with Crippen LogP contribution in [0.25, 0.3) is 0 Å². The van der Waals surface area contributed by atoms with E-state index in [1.807, 2.05) is 19.1 Å². The molecule has 4 rings (SSSR count). The van der Waals surface area contributed by atoms with Crippen LogP contribution in [-0.2, 0) is 6.54 Å². The van der Waals surface area contributed by atoms with Gasteiger partial charge in [0.1, 0.15) is 5.76 Å². The molecule has 0 amide bonds. The topological polar surface area (TPSA) is 47.7 Å². The molecular formula is C18H22N2O3. The first-order valence-corrected chi connectivity index (χ1v) is 8.35. The number of fused-ring (bicyclic) bond motifs is 1. The van der Waals surface area contributed by atoms with Crippen LogP contribution in [0.3, 0.4) is 0 Å². The molecule has 5 heteroatoms. The molecule has 0 radical (unpaired) electrons. The van der Waals surface area contributed by atoms with Crippen molar-refractivity contribution in [3.8, 4) is 11.5 Å². The lowest BCUT2D eigenvalue weighted by atomic mass is 10.0. The maximum atomic E-state index is 5.83. The second kappa shape index (κ2) is 6.24. The van der Waals surface area contributed by atoms with E-state index in [9.17, 15) is 0 Å². The first-order chi connectivity index (χ1) is 11.3. The number of likely N-dealkylation sites (tertiary alicyclic amines) is 1. The summed E-state index contributed by atoms with van der Waals surface area (Å²) in [6, 6.07) is 8.79. The third kappa shape index (κ3) is 3.06. The van der Waals surface area contributed by atoms with Crippen LogP contribution in [-0.4, -0.2) is 29.8 Å². The van der Waals surface area contributed by atoms with Crippen LogP contribution < -0.4 is 9.47 Å². The largest absolute Gasteiger partial charge is 0.490 e. The minimum absolute atomic E-state index is 0.407. The van der Waals surface area contributed by atoms with Gasteiger partial charge in [0.2, 0.25) is 0 Å². The zero-order valence-corrected chi connectivity index (χ0v) is 13.5. The Morgan fingerprint density at radius 3 is 2.83 bits per heavy atom. The minimum Gasteiger partial charge on any atom is -0.490 e. The molecule has 0 spiro atoms. The van der Waals surface area contributed by atoms with E-state index in [0.717, 1.165) is 62.1 Å². The van der Waals surface area contributed by atoms with E-state index in [1.54, 1.807) is 0 Å². The van der Waals surface area contributed by atoms with Crippen molar-refractivity contribution in [3.63, 3.8) is 0 Å². The van der Waals surface area contributed by atoms with Crippen molar-refractivity contribution >= 4 is 0 Å². The number of rotatable bonds is 3. The first kappa shape index (κ1) is 14.6. The summed E-state index contributed by atoms with van der Waals surface area (Å²) < 4.78 is 16.8. The number of aromatic nitrogens is 1. The predicted molar refractivity (Wildman–Crippen MR) is 85.7 cm³/mol. The Morgan fingerprint density at radius 1 is 1.13 bits per heavy atom. The smallest absolute Gasteiger partial charge is 0.161 e. The third-order valence-electron chi connectivity index (χ3n) is 4.56. The van der Waals surface area contributed by atoms with Gasteiger partial charge < -0.3 is 14.0 Å². The summed E-state index contributed by atoms with van der Waals surface area (Å²) in [4.78, 5) is 2.47.